The maximum Gasteiger partial charge on any atom is 0.258 e. The number of phenols is 1. The Kier molecular flexibility index (Phi) is 3.56. The SMILES string of the molecule is Cc1ccc(N(C)C(=O)c2cccc(O)c2C)cc1. The predicted octanol–water partition coefficient (Wildman–Crippen LogP) is 3.29. The molecule has 2 aromatic carbocycles. The molecule has 0 unspecified atom stereocenters. The fourth-order valence-electron chi connectivity index (χ4n) is 1.92. The second-order valence-electron chi connectivity index (χ2n) is 4.65. The van der Waals surface area contributed by atoms with Crippen molar-refractivity contribution in [3.8, 4) is 5.75 Å². The second kappa shape index (κ2) is 5.14. The quantitative estimate of drug-likeness (QED) is 0.894. The van der Waals surface area contributed by atoms with Crippen LogP contribution in [0.5, 0.6) is 5.75 Å². The number of nitrogens with zero attached hydrogens (tertiary/aromatic N) is 1. The van der Waals surface area contributed by atoms with Gasteiger partial charge in [-0.25, -0.2) is 0 Å². The van der Waals surface area contributed by atoms with E-state index in [0.29, 0.717) is 11.1 Å². The Morgan fingerprint density at radius 2 is 1.68 bits per heavy atom. The molecule has 0 aromatic heterocycles. The third-order valence-corrected chi connectivity index (χ3v) is 3.26. The van der Waals surface area contributed by atoms with Gasteiger partial charge in [-0.1, -0.05) is 23.8 Å². The van der Waals surface area contributed by atoms with Crippen LogP contribution in [-0.2, 0) is 0 Å². The van der Waals surface area contributed by atoms with Crippen molar-refractivity contribution in [1.29, 1.82) is 0 Å². The molecule has 0 bridgehead atoms. The summed E-state index contributed by atoms with van der Waals surface area (Å²) in [7, 11) is 1.73. The molecule has 98 valence electrons. The number of carbonyl (C=O) groups excluding carboxylic acids is 1. The van der Waals surface area contributed by atoms with Crippen molar-refractivity contribution >= 4 is 11.6 Å². The van der Waals surface area contributed by atoms with Crippen molar-refractivity contribution < 1.29 is 9.90 Å². The fourth-order valence-corrected chi connectivity index (χ4v) is 1.92. The lowest BCUT2D eigenvalue weighted by molar-refractivity contribution is 0.0992. The van der Waals surface area contributed by atoms with E-state index >= 15 is 0 Å². The molecule has 0 atom stereocenters. The molecule has 3 heteroatoms. The lowest BCUT2D eigenvalue weighted by Gasteiger charge is -2.19. The van der Waals surface area contributed by atoms with E-state index in [0.717, 1.165) is 11.3 Å². The van der Waals surface area contributed by atoms with E-state index < -0.39 is 0 Å². The smallest absolute Gasteiger partial charge is 0.258 e. The first kappa shape index (κ1) is 13.1. The summed E-state index contributed by atoms with van der Waals surface area (Å²) in [4.78, 5) is 14.0. The summed E-state index contributed by atoms with van der Waals surface area (Å²) in [6, 6.07) is 12.7. The minimum atomic E-state index is -0.128. The van der Waals surface area contributed by atoms with Crippen LogP contribution in [0.3, 0.4) is 0 Å². The first-order valence-corrected chi connectivity index (χ1v) is 6.14. The highest BCUT2D eigenvalue weighted by Crippen LogP contribution is 2.23. The van der Waals surface area contributed by atoms with E-state index in [1.807, 2.05) is 31.2 Å². The third-order valence-electron chi connectivity index (χ3n) is 3.26. The highest BCUT2D eigenvalue weighted by atomic mass is 16.3. The van der Waals surface area contributed by atoms with Crippen molar-refractivity contribution in [2.75, 3.05) is 11.9 Å². The molecule has 0 aliphatic carbocycles. The lowest BCUT2D eigenvalue weighted by atomic mass is 10.1. The zero-order chi connectivity index (χ0) is 14.0. The van der Waals surface area contributed by atoms with Gasteiger partial charge in [-0.05, 0) is 38.1 Å². The van der Waals surface area contributed by atoms with Crippen molar-refractivity contribution in [3.05, 3.63) is 59.2 Å². The van der Waals surface area contributed by atoms with Gasteiger partial charge in [0, 0.05) is 23.9 Å². The number of aryl methyl sites for hydroxylation is 1. The van der Waals surface area contributed by atoms with Gasteiger partial charge < -0.3 is 10.0 Å². The summed E-state index contributed by atoms with van der Waals surface area (Å²) >= 11 is 0. The van der Waals surface area contributed by atoms with E-state index in [9.17, 15) is 9.90 Å². The van der Waals surface area contributed by atoms with Crippen LogP contribution in [0.15, 0.2) is 42.5 Å². The molecule has 0 saturated carbocycles. The van der Waals surface area contributed by atoms with Crippen LogP contribution in [0.25, 0.3) is 0 Å². The number of hydrogen-bond donors (Lipinski definition) is 1. The van der Waals surface area contributed by atoms with Gasteiger partial charge in [0.05, 0.1) is 0 Å². The summed E-state index contributed by atoms with van der Waals surface area (Å²) in [6.07, 6.45) is 0. The van der Waals surface area contributed by atoms with Crippen LogP contribution < -0.4 is 4.90 Å². The van der Waals surface area contributed by atoms with E-state index in [1.54, 1.807) is 37.1 Å². The van der Waals surface area contributed by atoms with E-state index in [2.05, 4.69) is 0 Å². The summed E-state index contributed by atoms with van der Waals surface area (Å²) in [5.41, 5.74) is 3.10. The summed E-state index contributed by atoms with van der Waals surface area (Å²) in [6.45, 7) is 3.75. The molecule has 2 aromatic rings. The number of carbonyl (C=O) groups is 1. The molecular weight excluding hydrogens is 238 g/mol. The Labute approximate surface area is 113 Å². The Hall–Kier alpha value is -2.29. The van der Waals surface area contributed by atoms with Crippen LogP contribution in [-0.4, -0.2) is 18.1 Å². The maximum atomic E-state index is 12.4. The minimum Gasteiger partial charge on any atom is -0.508 e. The number of hydrogen-bond acceptors (Lipinski definition) is 2. The van der Waals surface area contributed by atoms with Gasteiger partial charge in [-0.15, -0.1) is 0 Å². The second-order valence-corrected chi connectivity index (χ2v) is 4.65. The van der Waals surface area contributed by atoms with Crippen LogP contribution in [0.2, 0.25) is 0 Å². The molecule has 0 fully saturated rings. The van der Waals surface area contributed by atoms with Gasteiger partial charge in [0.25, 0.3) is 5.91 Å². The van der Waals surface area contributed by atoms with E-state index in [1.165, 1.54) is 0 Å². The molecule has 3 nitrogen and oxygen atoms in total. The zero-order valence-corrected chi connectivity index (χ0v) is 11.3. The van der Waals surface area contributed by atoms with Crippen LogP contribution in [0, 0.1) is 13.8 Å². The molecule has 0 aliphatic rings. The predicted molar refractivity (Wildman–Crippen MR) is 76.8 cm³/mol. The lowest BCUT2D eigenvalue weighted by Crippen LogP contribution is -2.26. The Morgan fingerprint density at radius 3 is 2.32 bits per heavy atom. The van der Waals surface area contributed by atoms with Gasteiger partial charge in [0.15, 0.2) is 0 Å². The normalized spacial score (nSPS) is 10.3. The van der Waals surface area contributed by atoms with Gasteiger partial charge in [-0.2, -0.15) is 0 Å². The van der Waals surface area contributed by atoms with Crippen molar-refractivity contribution in [1.82, 2.24) is 0 Å². The largest absolute Gasteiger partial charge is 0.508 e. The number of phenolic OH excluding ortho intramolecular Hbond substituents is 1. The van der Waals surface area contributed by atoms with Crippen LogP contribution in [0.4, 0.5) is 5.69 Å². The summed E-state index contributed by atoms with van der Waals surface area (Å²) in [5.74, 6) is 0.0143. The minimum absolute atomic E-state index is 0.128. The first-order chi connectivity index (χ1) is 9.00. The molecular formula is C16H17NO2. The highest BCUT2D eigenvalue weighted by molar-refractivity contribution is 6.07. The molecule has 1 amide bonds. The number of aromatic hydroxyl groups is 1. The van der Waals surface area contributed by atoms with Gasteiger partial charge >= 0.3 is 0 Å². The van der Waals surface area contributed by atoms with Gasteiger partial charge in [-0.3, -0.25) is 4.79 Å². The molecule has 1 N–H and O–H groups in total. The van der Waals surface area contributed by atoms with E-state index in [4.69, 9.17) is 0 Å². The van der Waals surface area contributed by atoms with Gasteiger partial charge in [0.2, 0.25) is 0 Å². The van der Waals surface area contributed by atoms with Crippen LogP contribution >= 0.6 is 0 Å². The average Bonchev–Trinajstić information content (AvgIpc) is 2.41. The number of benzene rings is 2. The molecule has 0 heterocycles. The molecule has 2 rings (SSSR count). The Balaban J connectivity index is 2.33. The zero-order valence-electron chi connectivity index (χ0n) is 11.3. The number of amides is 1. The summed E-state index contributed by atoms with van der Waals surface area (Å²) < 4.78 is 0. The molecule has 0 radical (unpaired) electrons. The number of anilines is 1. The molecule has 0 saturated heterocycles. The molecule has 0 aliphatic heterocycles. The average molecular weight is 255 g/mol. The standard InChI is InChI=1S/C16H17NO2/c1-11-7-9-13(10-8-11)17(3)16(19)14-5-4-6-15(18)12(14)2/h4-10,18H,1-3H3. The van der Waals surface area contributed by atoms with Crippen LogP contribution in [0.1, 0.15) is 21.5 Å². The van der Waals surface area contributed by atoms with Gasteiger partial charge in [0.1, 0.15) is 5.75 Å². The van der Waals surface area contributed by atoms with Crippen molar-refractivity contribution in [2.45, 2.75) is 13.8 Å². The fraction of sp³-hybridized carbons (Fsp3) is 0.188. The Morgan fingerprint density at radius 1 is 1.05 bits per heavy atom. The monoisotopic (exact) mass is 255 g/mol. The topological polar surface area (TPSA) is 40.5 Å². The van der Waals surface area contributed by atoms with E-state index in [-0.39, 0.29) is 11.7 Å². The van der Waals surface area contributed by atoms with Crippen molar-refractivity contribution in [2.24, 2.45) is 0 Å². The molecule has 0 spiro atoms. The summed E-state index contributed by atoms with van der Waals surface area (Å²) in [5, 5.41) is 9.67. The molecule has 19 heavy (non-hydrogen) atoms. The number of rotatable bonds is 2. The Bertz CT molecular complexity index is 603. The van der Waals surface area contributed by atoms with Crippen molar-refractivity contribution in [3.63, 3.8) is 0 Å². The highest BCUT2D eigenvalue weighted by Gasteiger charge is 2.16. The first-order valence-electron chi connectivity index (χ1n) is 6.14. The third kappa shape index (κ3) is 2.60. The maximum absolute atomic E-state index is 12.4.